The van der Waals surface area contributed by atoms with Gasteiger partial charge in [0.25, 0.3) is 11.6 Å². The van der Waals surface area contributed by atoms with Gasteiger partial charge >= 0.3 is 11.9 Å². The van der Waals surface area contributed by atoms with Crippen molar-refractivity contribution in [2.45, 2.75) is 38.0 Å². The first-order valence-electron chi connectivity index (χ1n) is 9.58. The fourth-order valence-electron chi connectivity index (χ4n) is 3.75. The average Bonchev–Trinajstić information content (AvgIpc) is 2.70. The summed E-state index contributed by atoms with van der Waals surface area (Å²) in [6.07, 6.45) is 0. The Kier molecular flexibility index (Phi) is 5.67. The smallest absolute Gasteiger partial charge is 0.360 e. The molecule has 0 fully saturated rings. The van der Waals surface area contributed by atoms with Gasteiger partial charge in [-0.3, -0.25) is 14.5 Å². The summed E-state index contributed by atoms with van der Waals surface area (Å²) in [6, 6.07) is 15.5. The van der Waals surface area contributed by atoms with Crippen molar-refractivity contribution in [3.63, 3.8) is 0 Å². The third kappa shape index (κ3) is 3.80. The summed E-state index contributed by atoms with van der Waals surface area (Å²) in [4.78, 5) is 39.6. The van der Waals surface area contributed by atoms with Gasteiger partial charge in [0.15, 0.2) is 0 Å². The molecule has 158 valence electrons. The lowest BCUT2D eigenvalue weighted by Crippen LogP contribution is -2.65. The monoisotopic (exact) mass is 411 g/mol. The van der Waals surface area contributed by atoms with Crippen molar-refractivity contribution in [3.05, 3.63) is 71.3 Å². The molecule has 7 nitrogen and oxygen atoms in total. The van der Waals surface area contributed by atoms with Gasteiger partial charge < -0.3 is 14.6 Å². The van der Waals surface area contributed by atoms with Gasteiger partial charge in [0.2, 0.25) is 0 Å². The summed E-state index contributed by atoms with van der Waals surface area (Å²) in [5.41, 5.74) is -1.86. The Morgan fingerprint density at radius 2 is 1.67 bits per heavy atom. The van der Waals surface area contributed by atoms with Gasteiger partial charge in [-0.25, -0.2) is 4.79 Å². The lowest BCUT2D eigenvalue weighted by molar-refractivity contribution is -0.189. The Hall–Kier alpha value is -3.19. The van der Waals surface area contributed by atoms with E-state index in [0.717, 1.165) is 12.0 Å². The highest BCUT2D eigenvalue weighted by Gasteiger charge is 2.58. The van der Waals surface area contributed by atoms with Crippen molar-refractivity contribution >= 4 is 17.8 Å². The van der Waals surface area contributed by atoms with Crippen LogP contribution in [0.25, 0.3) is 0 Å². The van der Waals surface area contributed by atoms with E-state index in [4.69, 9.17) is 9.47 Å². The van der Waals surface area contributed by atoms with Crippen molar-refractivity contribution in [1.29, 1.82) is 0 Å². The maximum Gasteiger partial charge on any atom is 0.360 e. The molecule has 0 aromatic heterocycles. The van der Waals surface area contributed by atoms with Gasteiger partial charge in [-0.15, -0.1) is 0 Å². The van der Waals surface area contributed by atoms with Crippen LogP contribution in [0, 0.1) is 0 Å². The highest BCUT2D eigenvalue weighted by atomic mass is 16.6. The molecule has 1 N–H and O–H groups in total. The molecule has 7 heteroatoms. The molecule has 1 amide bonds. The Morgan fingerprint density at radius 3 is 2.27 bits per heavy atom. The van der Waals surface area contributed by atoms with Gasteiger partial charge in [-0.05, 0) is 38.0 Å². The summed E-state index contributed by atoms with van der Waals surface area (Å²) < 4.78 is 10.2. The SMILES string of the molecule is COC(=O)C1(O)C(c2ccccc2)c2ccccc2C(=O)N1CC(=O)OC(C)(C)C. The zero-order valence-corrected chi connectivity index (χ0v) is 17.4. The number of esters is 2. The van der Waals surface area contributed by atoms with E-state index in [1.165, 1.54) is 0 Å². The van der Waals surface area contributed by atoms with Crippen LogP contribution in [0.1, 0.15) is 48.2 Å². The molecule has 2 atom stereocenters. The highest BCUT2D eigenvalue weighted by Crippen LogP contribution is 2.44. The van der Waals surface area contributed by atoms with Crippen LogP contribution in [-0.4, -0.2) is 52.8 Å². The molecule has 2 aromatic carbocycles. The molecule has 3 rings (SSSR count). The third-order valence-electron chi connectivity index (χ3n) is 4.89. The normalized spacial score (nSPS) is 21.0. The van der Waals surface area contributed by atoms with E-state index in [2.05, 4.69) is 0 Å². The molecule has 2 aromatic rings. The Balaban J connectivity index is 2.20. The second-order valence-corrected chi connectivity index (χ2v) is 8.13. The molecule has 0 radical (unpaired) electrons. The molecule has 30 heavy (non-hydrogen) atoms. The van der Waals surface area contributed by atoms with Gasteiger partial charge in [0.05, 0.1) is 13.0 Å². The lowest BCUT2D eigenvalue weighted by Gasteiger charge is -2.46. The summed E-state index contributed by atoms with van der Waals surface area (Å²) in [7, 11) is 1.12. The number of amides is 1. The maximum absolute atomic E-state index is 13.3. The third-order valence-corrected chi connectivity index (χ3v) is 4.89. The van der Waals surface area contributed by atoms with Crippen LogP contribution in [0.2, 0.25) is 0 Å². The summed E-state index contributed by atoms with van der Waals surface area (Å²) in [6.45, 7) is 4.46. The number of methoxy groups -OCH3 is 1. The van der Waals surface area contributed by atoms with Crippen molar-refractivity contribution in [1.82, 2.24) is 4.90 Å². The number of hydrogen-bond donors (Lipinski definition) is 1. The van der Waals surface area contributed by atoms with Crippen LogP contribution in [0.15, 0.2) is 54.6 Å². The minimum absolute atomic E-state index is 0.295. The highest BCUT2D eigenvalue weighted by molar-refractivity contribution is 6.03. The first-order valence-corrected chi connectivity index (χ1v) is 9.58. The van der Waals surface area contributed by atoms with E-state index in [-0.39, 0.29) is 0 Å². The van der Waals surface area contributed by atoms with Gasteiger partial charge in [0, 0.05) is 5.56 Å². The number of benzene rings is 2. The van der Waals surface area contributed by atoms with E-state index in [1.807, 2.05) is 0 Å². The largest absolute Gasteiger partial charge is 0.465 e. The first-order chi connectivity index (χ1) is 14.1. The Labute approximate surface area is 175 Å². The van der Waals surface area contributed by atoms with Gasteiger partial charge in [-0.1, -0.05) is 48.5 Å². The predicted octanol–water partition coefficient (Wildman–Crippen LogP) is 2.48. The van der Waals surface area contributed by atoms with Crippen LogP contribution in [0.5, 0.6) is 0 Å². The van der Waals surface area contributed by atoms with Crippen molar-refractivity contribution in [2.24, 2.45) is 0 Å². The Morgan fingerprint density at radius 1 is 1.07 bits per heavy atom. The number of nitrogens with zero attached hydrogens (tertiary/aromatic N) is 1. The topological polar surface area (TPSA) is 93.1 Å². The molecule has 0 saturated carbocycles. The lowest BCUT2D eigenvalue weighted by atomic mass is 9.76. The molecule has 0 aliphatic carbocycles. The summed E-state index contributed by atoms with van der Waals surface area (Å²) in [5, 5.41) is 11.7. The standard InChI is InChI=1S/C23H25NO6/c1-22(2,3)30-18(25)14-24-20(26)17-13-9-8-12-16(17)19(15-10-6-5-7-11-15)23(24,28)21(27)29-4/h5-13,19,28H,14H2,1-4H3. The number of carbonyl (C=O) groups is 3. The molecule has 1 heterocycles. The second kappa shape index (κ2) is 7.91. The van der Waals surface area contributed by atoms with Crippen LogP contribution >= 0.6 is 0 Å². The van der Waals surface area contributed by atoms with E-state index in [0.29, 0.717) is 16.7 Å². The van der Waals surface area contributed by atoms with E-state index < -0.39 is 41.6 Å². The van der Waals surface area contributed by atoms with Crippen LogP contribution in [0.3, 0.4) is 0 Å². The molecular weight excluding hydrogens is 386 g/mol. The number of rotatable bonds is 4. The molecule has 0 saturated heterocycles. The van der Waals surface area contributed by atoms with Gasteiger partial charge in [0.1, 0.15) is 12.1 Å². The first kappa shape index (κ1) is 21.5. The van der Waals surface area contributed by atoms with Crippen molar-refractivity contribution in [2.75, 3.05) is 13.7 Å². The van der Waals surface area contributed by atoms with Crippen molar-refractivity contribution < 1.29 is 29.0 Å². The zero-order chi connectivity index (χ0) is 22.1. The van der Waals surface area contributed by atoms with Crippen LogP contribution < -0.4 is 0 Å². The number of aliphatic hydroxyl groups is 1. The number of ether oxygens (including phenoxy) is 2. The molecule has 0 spiro atoms. The Bertz CT molecular complexity index is 965. The van der Waals surface area contributed by atoms with E-state index in [1.54, 1.807) is 75.4 Å². The molecule has 1 aliphatic rings. The summed E-state index contributed by atoms with van der Waals surface area (Å²) >= 11 is 0. The fourth-order valence-corrected chi connectivity index (χ4v) is 3.75. The van der Waals surface area contributed by atoms with Gasteiger partial charge in [-0.2, -0.15) is 0 Å². The number of carbonyl (C=O) groups excluding carboxylic acids is 3. The van der Waals surface area contributed by atoms with E-state index >= 15 is 0 Å². The van der Waals surface area contributed by atoms with Crippen LogP contribution in [-0.2, 0) is 19.1 Å². The fraction of sp³-hybridized carbons (Fsp3) is 0.348. The number of hydrogen-bond acceptors (Lipinski definition) is 6. The molecule has 2 unspecified atom stereocenters. The summed E-state index contributed by atoms with van der Waals surface area (Å²) in [5.74, 6) is -3.40. The zero-order valence-electron chi connectivity index (χ0n) is 17.4. The van der Waals surface area contributed by atoms with E-state index in [9.17, 15) is 19.5 Å². The average molecular weight is 411 g/mol. The minimum atomic E-state index is -2.43. The number of fused-ring (bicyclic) bond motifs is 1. The second-order valence-electron chi connectivity index (χ2n) is 8.13. The maximum atomic E-state index is 13.3. The molecular formula is C23H25NO6. The quantitative estimate of drug-likeness (QED) is 0.777. The molecule has 0 bridgehead atoms. The molecule has 1 aliphatic heterocycles. The van der Waals surface area contributed by atoms with Crippen molar-refractivity contribution in [3.8, 4) is 0 Å². The minimum Gasteiger partial charge on any atom is -0.465 e. The predicted molar refractivity (Wildman–Crippen MR) is 109 cm³/mol. The van der Waals surface area contributed by atoms with Crippen LogP contribution in [0.4, 0.5) is 0 Å².